The van der Waals surface area contributed by atoms with Gasteiger partial charge in [-0.15, -0.1) is 0 Å². The summed E-state index contributed by atoms with van der Waals surface area (Å²) < 4.78 is 73.9. The van der Waals surface area contributed by atoms with Crippen LogP contribution in [0.3, 0.4) is 0 Å². The van der Waals surface area contributed by atoms with Crippen molar-refractivity contribution in [1.82, 2.24) is 10.4 Å². The molecular weight excluding hydrogens is 268 g/mol. The topological polar surface area (TPSA) is 68.0 Å². The maximum absolute atomic E-state index is 12.3. The lowest BCUT2D eigenvalue weighted by Gasteiger charge is -2.12. The van der Waals surface area contributed by atoms with Crippen LogP contribution in [-0.4, -0.2) is 10.9 Å². The maximum atomic E-state index is 12.3. The number of amides is 1. The molecule has 0 saturated heterocycles. The highest BCUT2D eigenvalue weighted by molar-refractivity contribution is 5.93. The van der Waals surface area contributed by atoms with Gasteiger partial charge in [0, 0.05) is 5.56 Å². The fourth-order valence-electron chi connectivity index (χ4n) is 1.04. The standard InChI is InChI=1S/C8H5F6N3O/c9-7(10,11)4-1-3(6(18)17-15)2-5(16-4)8(12,13)14/h1-2H,15H2,(H,17,18). The number of hydrogen-bond donors (Lipinski definition) is 2. The summed E-state index contributed by atoms with van der Waals surface area (Å²) in [7, 11) is 0. The number of alkyl halides is 6. The van der Waals surface area contributed by atoms with Crippen molar-refractivity contribution < 1.29 is 31.1 Å². The zero-order valence-corrected chi connectivity index (χ0v) is 8.36. The average molecular weight is 273 g/mol. The summed E-state index contributed by atoms with van der Waals surface area (Å²) in [6.45, 7) is 0. The van der Waals surface area contributed by atoms with E-state index in [0.717, 1.165) is 0 Å². The molecule has 3 N–H and O–H groups in total. The Balaban J connectivity index is 3.44. The monoisotopic (exact) mass is 273 g/mol. The third-order valence-electron chi connectivity index (χ3n) is 1.80. The molecule has 0 spiro atoms. The Morgan fingerprint density at radius 2 is 1.44 bits per heavy atom. The van der Waals surface area contributed by atoms with Crippen LogP contribution in [-0.2, 0) is 12.4 Å². The SMILES string of the molecule is NNC(=O)c1cc(C(F)(F)F)nc(C(F)(F)F)c1. The van der Waals surface area contributed by atoms with Crippen molar-refractivity contribution >= 4 is 5.91 Å². The van der Waals surface area contributed by atoms with Gasteiger partial charge in [-0.2, -0.15) is 26.3 Å². The van der Waals surface area contributed by atoms with E-state index in [9.17, 15) is 31.1 Å². The fraction of sp³-hybridized carbons (Fsp3) is 0.250. The first-order valence-electron chi connectivity index (χ1n) is 4.23. The van der Waals surface area contributed by atoms with E-state index >= 15 is 0 Å². The highest BCUT2D eigenvalue weighted by Crippen LogP contribution is 2.33. The minimum absolute atomic E-state index is 0.178. The molecular formula is C8H5F6N3O. The summed E-state index contributed by atoms with van der Waals surface area (Å²) in [6, 6.07) is 0.356. The van der Waals surface area contributed by atoms with Crippen molar-refractivity contribution in [2.75, 3.05) is 0 Å². The number of nitrogens with zero attached hydrogens (tertiary/aromatic N) is 1. The lowest BCUT2D eigenvalue weighted by atomic mass is 10.1. The second-order valence-electron chi connectivity index (χ2n) is 3.10. The number of hydrazine groups is 1. The quantitative estimate of drug-likeness (QED) is 0.354. The summed E-state index contributed by atoms with van der Waals surface area (Å²) in [6.07, 6.45) is -10.2. The summed E-state index contributed by atoms with van der Waals surface area (Å²) in [5.41, 5.74) is -3.09. The summed E-state index contributed by atoms with van der Waals surface area (Å²) >= 11 is 0. The van der Waals surface area contributed by atoms with Crippen molar-refractivity contribution in [1.29, 1.82) is 0 Å². The second-order valence-corrected chi connectivity index (χ2v) is 3.10. The number of carbonyl (C=O) groups is 1. The van der Waals surface area contributed by atoms with Crippen LogP contribution in [0.15, 0.2) is 12.1 Å². The number of nitrogens with one attached hydrogen (secondary N) is 1. The van der Waals surface area contributed by atoms with Crippen LogP contribution in [0, 0.1) is 0 Å². The Morgan fingerprint density at radius 1 is 1.06 bits per heavy atom. The van der Waals surface area contributed by atoms with E-state index in [4.69, 9.17) is 0 Å². The van der Waals surface area contributed by atoms with Gasteiger partial charge in [0.2, 0.25) is 0 Å². The molecule has 18 heavy (non-hydrogen) atoms. The number of aromatic nitrogens is 1. The Hall–Kier alpha value is -1.84. The Kier molecular flexibility index (Phi) is 3.51. The van der Waals surface area contributed by atoms with Gasteiger partial charge in [0.1, 0.15) is 11.4 Å². The lowest BCUT2D eigenvalue weighted by molar-refractivity contribution is -0.150. The molecule has 4 nitrogen and oxygen atoms in total. The molecule has 0 fully saturated rings. The van der Waals surface area contributed by atoms with E-state index in [2.05, 4.69) is 10.8 Å². The van der Waals surface area contributed by atoms with Crippen molar-refractivity contribution in [3.63, 3.8) is 0 Å². The number of rotatable bonds is 1. The second kappa shape index (κ2) is 4.44. The van der Waals surface area contributed by atoms with E-state index < -0.39 is 35.2 Å². The molecule has 1 rings (SSSR count). The number of nitrogens with two attached hydrogens (primary N) is 1. The van der Waals surface area contributed by atoms with E-state index in [1.807, 2.05) is 0 Å². The van der Waals surface area contributed by atoms with E-state index in [1.54, 1.807) is 0 Å². The van der Waals surface area contributed by atoms with Crippen LogP contribution in [0.5, 0.6) is 0 Å². The van der Waals surface area contributed by atoms with Gasteiger partial charge in [-0.1, -0.05) is 0 Å². The van der Waals surface area contributed by atoms with Gasteiger partial charge >= 0.3 is 12.4 Å². The highest BCUT2D eigenvalue weighted by Gasteiger charge is 2.39. The van der Waals surface area contributed by atoms with Gasteiger partial charge < -0.3 is 0 Å². The van der Waals surface area contributed by atoms with Crippen LogP contribution in [0.2, 0.25) is 0 Å². The predicted molar refractivity (Wildman–Crippen MR) is 45.9 cm³/mol. The molecule has 0 atom stereocenters. The highest BCUT2D eigenvalue weighted by atomic mass is 19.4. The molecule has 0 aromatic carbocycles. The summed E-state index contributed by atoms with van der Waals surface area (Å²) in [4.78, 5) is 13.4. The first-order chi connectivity index (χ1) is 8.05. The van der Waals surface area contributed by atoms with Crippen LogP contribution < -0.4 is 11.3 Å². The largest absolute Gasteiger partial charge is 0.433 e. The molecule has 10 heteroatoms. The van der Waals surface area contributed by atoms with E-state index in [0.29, 0.717) is 0 Å². The molecule has 0 radical (unpaired) electrons. The van der Waals surface area contributed by atoms with Gasteiger partial charge in [-0.3, -0.25) is 10.2 Å². The first-order valence-corrected chi connectivity index (χ1v) is 4.23. The van der Waals surface area contributed by atoms with Crippen LogP contribution in [0.25, 0.3) is 0 Å². The van der Waals surface area contributed by atoms with Gasteiger partial charge in [0.25, 0.3) is 5.91 Å². The predicted octanol–water partition coefficient (Wildman–Crippen LogP) is 1.72. The molecule has 1 aromatic rings. The molecule has 0 aliphatic rings. The Bertz CT molecular complexity index is 435. The Labute approximate surface area is 95.8 Å². The molecule has 1 aromatic heterocycles. The Morgan fingerprint density at radius 3 is 1.72 bits per heavy atom. The number of halogens is 6. The summed E-state index contributed by atoms with van der Waals surface area (Å²) in [5.74, 6) is 3.36. The van der Waals surface area contributed by atoms with Crippen LogP contribution in [0.1, 0.15) is 21.7 Å². The lowest BCUT2D eigenvalue weighted by Crippen LogP contribution is -2.31. The molecule has 0 unspecified atom stereocenters. The first kappa shape index (κ1) is 14.2. The molecule has 0 bridgehead atoms. The maximum Gasteiger partial charge on any atom is 0.433 e. The summed E-state index contributed by atoms with van der Waals surface area (Å²) in [5, 5.41) is 0. The van der Waals surface area contributed by atoms with Gasteiger partial charge in [0.15, 0.2) is 0 Å². The number of nitrogen functional groups attached to an aromatic ring is 1. The third-order valence-corrected chi connectivity index (χ3v) is 1.80. The molecule has 1 heterocycles. The number of hydrogen-bond acceptors (Lipinski definition) is 3. The molecule has 1 amide bonds. The normalized spacial score (nSPS) is 12.4. The van der Waals surface area contributed by atoms with E-state index in [1.165, 1.54) is 5.43 Å². The average Bonchev–Trinajstić information content (AvgIpc) is 2.25. The van der Waals surface area contributed by atoms with Crippen molar-refractivity contribution in [3.8, 4) is 0 Å². The van der Waals surface area contributed by atoms with Gasteiger partial charge in [0.05, 0.1) is 0 Å². The van der Waals surface area contributed by atoms with Crippen LogP contribution in [0.4, 0.5) is 26.3 Å². The van der Waals surface area contributed by atoms with Crippen LogP contribution >= 0.6 is 0 Å². The molecule has 0 aliphatic heterocycles. The van der Waals surface area contributed by atoms with Crippen molar-refractivity contribution in [2.24, 2.45) is 5.84 Å². The van der Waals surface area contributed by atoms with Crippen molar-refractivity contribution in [2.45, 2.75) is 12.4 Å². The zero-order chi connectivity index (χ0) is 14.1. The third kappa shape index (κ3) is 3.09. The van der Waals surface area contributed by atoms with E-state index in [-0.39, 0.29) is 12.1 Å². The minimum Gasteiger partial charge on any atom is -0.290 e. The minimum atomic E-state index is -5.11. The molecule has 0 saturated carbocycles. The number of pyridine rings is 1. The van der Waals surface area contributed by atoms with Gasteiger partial charge in [-0.05, 0) is 12.1 Å². The fourth-order valence-corrected chi connectivity index (χ4v) is 1.04. The van der Waals surface area contributed by atoms with Gasteiger partial charge in [-0.25, -0.2) is 10.8 Å². The number of carbonyl (C=O) groups excluding carboxylic acids is 1. The molecule has 0 aliphatic carbocycles. The smallest absolute Gasteiger partial charge is 0.290 e. The zero-order valence-electron chi connectivity index (χ0n) is 8.36. The molecule has 100 valence electrons. The van der Waals surface area contributed by atoms with Crippen molar-refractivity contribution in [3.05, 3.63) is 29.1 Å².